The lowest BCUT2D eigenvalue weighted by molar-refractivity contribution is -0.136. The first-order valence-electron chi connectivity index (χ1n) is 9.03. The van der Waals surface area contributed by atoms with Gasteiger partial charge in [0.05, 0.1) is 22.4 Å². The number of rotatable bonds is 4. The summed E-state index contributed by atoms with van der Waals surface area (Å²) in [7, 11) is -3.95. The number of nitrogens with zero attached hydrogens (tertiary/aromatic N) is 1. The van der Waals surface area contributed by atoms with E-state index in [1.54, 1.807) is 37.3 Å². The number of ether oxygens (including phenoxy) is 2. The van der Waals surface area contributed by atoms with Crippen LogP contribution in [0.4, 0.5) is 0 Å². The third-order valence-corrected chi connectivity index (χ3v) is 6.42. The fourth-order valence-corrected chi connectivity index (χ4v) is 4.72. The molecule has 8 heteroatoms. The Labute approximate surface area is 167 Å². The summed E-state index contributed by atoms with van der Waals surface area (Å²) < 4.78 is 38.4. The summed E-state index contributed by atoms with van der Waals surface area (Å²) in [4.78, 5) is 12.6. The van der Waals surface area contributed by atoms with Gasteiger partial charge in [0.2, 0.25) is 0 Å². The van der Waals surface area contributed by atoms with Crippen LogP contribution in [-0.4, -0.2) is 36.7 Å². The van der Waals surface area contributed by atoms with Gasteiger partial charge < -0.3 is 14.6 Å². The maximum Gasteiger partial charge on any atom is 0.342 e. The molecule has 1 aliphatic heterocycles. The standard InChI is InChI=1S/C21H19NO6S/c1-3-27-21(24)20-15-11-22(29(25,26)14-9-7-13(2)8-10-14)16-5-4-6-18(19(15)16)28-12-17(20)23/h4-11,23H,3,12H2,1-2H3. The van der Waals surface area contributed by atoms with Crippen molar-refractivity contribution in [1.29, 1.82) is 0 Å². The zero-order valence-electron chi connectivity index (χ0n) is 15.9. The van der Waals surface area contributed by atoms with Crippen molar-refractivity contribution in [2.45, 2.75) is 18.7 Å². The van der Waals surface area contributed by atoms with Gasteiger partial charge in [0, 0.05) is 11.8 Å². The van der Waals surface area contributed by atoms with E-state index in [0.29, 0.717) is 16.7 Å². The molecule has 0 bridgehead atoms. The molecule has 3 aromatic rings. The number of aryl methyl sites for hydroxylation is 1. The molecule has 0 unspecified atom stereocenters. The van der Waals surface area contributed by atoms with E-state index >= 15 is 0 Å². The van der Waals surface area contributed by atoms with Gasteiger partial charge in [-0.15, -0.1) is 0 Å². The second-order valence-electron chi connectivity index (χ2n) is 6.64. The highest BCUT2D eigenvalue weighted by molar-refractivity contribution is 7.90. The van der Waals surface area contributed by atoms with E-state index in [-0.39, 0.29) is 35.0 Å². The first kappa shape index (κ1) is 19.1. The van der Waals surface area contributed by atoms with Crippen molar-refractivity contribution in [3.05, 3.63) is 65.5 Å². The topological polar surface area (TPSA) is 94.8 Å². The first-order chi connectivity index (χ1) is 13.8. The Kier molecular flexibility index (Phi) is 4.58. The summed E-state index contributed by atoms with van der Waals surface area (Å²) in [5.74, 6) is -0.676. The number of esters is 1. The van der Waals surface area contributed by atoms with Crippen molar-refractivity contribution in [2.75, 3.05) is 13.2 Å². The average molecular weight is 413 g/mol. The number of hydrogen-bond donors (Lipinski definition) is 1. The summed E-state index contributed by atoms with van der Waals surface area (Å²) in [6.07, 6.45) is 1.33. The van der Waals surface area contributed by atoms with Gasteiger partial charge in [0.15, 0.2) is 0 Å². The SMILES string of the molecule is CCOC(=O)C1=C(O)COc2cccc3c2c1cn3S(=O)(=O)c1ccc(C)cc1. The molecule has 0 amide bonds. The molecule has 0 aliphatic carbocycles. The maximum absolute atomic E-state index is 13.3. The highest BCUT2D eigenvalue weighted by atomic mass is 32.2. The van der Waals surface area contributed by atoms with Crippen LogP contribution in [0.3, 0.4) is 0 Å². The Bertz CT molecular complexity index is 1250. The van der Waals surface area contributed by atoms with E-state index in [2.05, 4.69) is 0 Å². The minimum absolute atomic E-state index is 0.0975. The van der Waals surface area contributed by atoms with Gasteiger partial charge in [-0.25, -0.2) is 17.2 Å². The molecule has 1 aliphatic rings. The predicted octanol–water partition coefficient (Wildman–Crippen LogP) is 3.41. The van der Waals surface area contributed by atoms with Crippen LogP contribution in [-0.2, 0) is 19.6 Å². The molecular formula is C21H19NO6S. The molecule has 0 saturated carbocycles. The zero-order chi connectivity index (χ0) is 20.8. The number of carbonyl (C=O) groups is 1. The van der Waals surface area contributed by atoms with Crippen LogP contribution in [0.5, 0.6) is 5.75 Å². The fourth-order valence-electron chi connectivity index (χ4n) is 3.36. The molecule has 29 heavy (non-hydrogen) atoms. The van der Waals surface area contributed by atoms with Gasteiger partial charge in [0.25, 0.3) is 10.0 Å². The van der Waals surface area contributed by atoms with Gasteiger partial charge >= 0.3 is 5.97 Å². The first-order valence-corrected chi connectivity index (χ1v) is 10.5. The largest absolute Gasteiger partial charge is 0.508 e. The van der Waals surface area contributed by atoms with Crippen molar-refractivity contribution < 1.29 is 27.8 Å². The highest BCUT2D eigenvalue weighted by Crippen LogP contribution is 2.39. The molecule has 2 heterocycles. The smallest absolute Gasteiger partial charge is 0.342 e. The lowest BCUT2D eigenvalue weighted by atomic mass is 10.0. The van der Waals surface area contributed by atoms with Gasteiger partial charge in [-0.2, -0.15) is 0 Å². The van der Waals surface area contributed by atoms with Crippen molar-refractivity contribution in [2.24, 2.45) is 0 Å². The van der Waals surface area contributed by atoms with Gasteiger partial charge in [-0.05, 0) is 38.1 Å². The van der Waals surface area contributed by atoms with E-state index in [4.69, 9.17) is 9.47 Å². The minimum Gasteiger partial charge on any atom is -0.508 e. The van der Waals surface area contributed by atoms with Crippen LogP contribution in [0.25, 0.3) is 16.5 Å². The summed E-state index contributed by atoms with van der Waals surface area (Å²) in [5, 5.41) is 10.9. The van der Waals surface area contributed by atoms with Crippen LogP contribution in [0.1, 0.15) is 18.1 Å². The summed E-state index contributed by atoms with van der Waals surface area (Å²) in [6.45, 7) is 3.42. The Morgan fingerprint density at radius 1 is 1.21 bits per heavy atom. The minimum atomic E-state index is -3.95. The van der Waals surface area contributed by atoms with Crippen LogP contribution in [0.15, 0.2) is 59.3 Å². The predicted molar refractivity (Wildman–Crippen MR) is 107 cm³/mol. The van der Waals surface area contributed by atoms with Crippen LogP contribution < -0.4 is 4.74 Å². The number of aliphatic hydroxyl groups excluding tert-OH is 1. The molecular weight excluding hydrogens is 394 g/mol. The molecule has 0 spiro atoms. The Hall–Kier alpha value is -3.26. The zero-order valence-corrected chi connectivity index (χ0v) is 16.7. The lowest BCUT2D eigenvalue weighted by Crippen LogP contribution is -2.13. The highest BCUT2D eigenvalue weighted by Gasteiger charge is 2.31. The van der Waals surface area contributed by atoms with E-state index in [1.165, 1.54) is 18.3 Å². The maximum atomic E-state index is 13.3. The third kappa shape index (κ3) is 3.05. The number of carbonyl (C=O) groups excluding carboxylic acids is 1. The van der Waals surface area contributed by atoms with E-state index < -0.39 is 16.0 Å². The molecule has 1 N–H and O–H groups in total. The van der Waals surface area contributed by atoms with Crippen LogP contribution in [0.2, 0.25) is 0 Å². The second kappa shape index (κ2) is 6.97. The number of benzene rings is 2. The third-order valence-electron chi connectivity index (χ3n) is 4.74. The van der Waals surface area contributed by atoms with E-state index in [0.717, 1.165) is 9.54 Å². The van der Waals surface area contributed by atoms with Crippen LogP contribution in [0, 0.1) is 6.92 Å². The summed E-state index contributed by atoms with van der Waals surface area (Å²) in [6, 6.07) is 11.4. The molecule has 0 radical (unpaired) electrons. The monoisotopic (exact) mass is 413 g/mol. The molecule has 0 fully saturated rings. The lowest BCUT2D eigenvalue weighted by Gasteiger charge is -2.10. The van der Waals surface area contributed by atoms with Crippen molar-refractivity contribution >= 4 is 32.5 Å². The molecule has 2 aromatic carbocycles. The van der Waals surface area contributed by atoms with Crippen molar-refractivity contribution in [3.63, 3.8) is 0 Å². The Morgan fingerprint density at radius 2 is 1.93 bits per heavy atom. The normalized spacial score (nSPS) is 13.9. The quantitative estimate of drug-likeness (QED) is 0.659. The van der Waals surface area contributed by atoms with Gasteiger partial charge in [-0.1, -0.05) is 23.8 Å². The molecule has 4 rings (SSSR count). The Morgan fingerprint density at radius 3 is 2.62 bits per heavy atom. The van der Waals surface area contributed by atoms with E-state index in [9.17, 15) is 18.3 Å². The molecule has 150 valence electrons. The van der Waals surface area contributed by atoms with Gasteiger partial charge in [-0.3, -0.25) is 0 Å². The fraction of sp³-hybridized carbons (Fsp3) is 0.190. The number of aliphatic hydroxyl groups is 1. The summed E-state index contributed by atoms with van der Waals surface area (Å²) >= 11 is 0. The second-order valence-corrected chi connectivity index (χ2v) is 8.45. The number of hydrogen-bond acceptors (Lipinski definition) is 6. The van der Waals surface area contributed by atoms with E-state index in [1.807, 2.05) is 6.92 Å². The molecule has 1 aromatic heterocycles. The van der Waals surface area contributed by atoms with Crippen molar-refractivity contribution in [1.82, 2.24) is 3.97 Å². The van der Waals surface area contributed by atoms with Crippen molar-refractivity contribution in [3.8, 4) is 5.75 Å². The number of aromatic nitrogens is 1. The summed E-state index contributed by atoms with van der Waals surface area (Å²) in [5.41, 5.74) is 1.43. The average Bonchev–Trinajstić information content (AvgIpc) is 3.01. The molecule has 7 nitrogen and oxygen atoms in total. The molecule has 0 atom stereocenters. The molecule has 0 saturated heterocycles. The van der Waals surface area contributed by atoms with Gasteiger partial charge in [0.1, 0.15) is 23.7 Å². The Balaban J connectivity index is 2.01. The van der Waals surface area contributed by atoms with Crippen LogP contribution >= 0.6 is 0 Å².